The first-order chi connectivity index (χ1) is 33.5. The molecular weight excluding hydrogens is 932 g/mol. The minimum Gasteiger partial charge on any atom is -0.508 e. The maximum Gasteiger partial charge on any atom is 0.246 e. The van der Waals surface area contributed by atoms with Crippen molar-refractivity contribution < 1.29 is 43.3 Å². The molecule has 3 unspecified atom stereocenters. The number of carbonyl (C=O) groups is 4. The van der Waals surface area contributed by atoms with E-state index in [0.717, 1.165) is 47.9 Å². The number of amides is 3. The zero-order chi connectivity index (χ0) is 49.7. The normalized spacial score (nSPS) is 17.6. The van der Waals surface area contributed by atoms with Crippen molar-refractivity contribution in [2.75, 3.05) is 52.4 Å². The van der Waals surface area contributed by atoms with Gasteiger partial charge in [-0.2, -0.15) is 0 Å². The number of fused-ring (bicyclic) bond motifs is 1. The van der Waals surface area contributed by atoms with Crippen LogP contribution in [0.4, 0.5) is 4.39 Å². The molecule has 4 atom stereocenters. The Bertz CT molecular complexity index is 2820. The molecule has 6 aromatic rings. The lowest BCUT2D eigenvalue weighted by Gasteiger charge is -2.36. The molecule has 0 spiro atoms. The number of thiazole rings is 1. The monoisotopic (exact) mass is 990 g/mol. The predicted molar refractivity (Wildman–Crippen MR) is 269 cm³/mol. The Morgan fingerprint density at radius 2 is 1.60 bits per heavy atom. The first-order valence-electron chi connectivity index (χ1n) is 23.5. The number of ketones is 1. The van der Waals surface area contributed by atoms with Crippen LogP contribution in [-0.4, -0.2) is 124 Å². The van der Waals surface area contributed by atoms with Gasteiger partial charge in [0.25, 0.3) is 0 Å². The molecule has 70 heavy (non-hydrogen) atoms. The number of hydrogen-bond donors (Lipinski definition) is 4. The van der Waals surface area contributed by atoms with Crippen LogP contribution in [-0.2, 0) is 14.4 Å². The number of rotatable bonds is 17. The SMILES string of the molecule is Cc1ncsc1-c1ccc([C@H](C)NC(=O)C2CC(O)CN2C(=O)C(NC(=O)CCN2CCN(CCOc3ccc(Oc4c(C(=O)c5cccc(F)c5)sc5cc(O)ccc45)cc3)CC2)C(C)(C)C)cc1. The highest BCUT2D eigenvalue weighted by Gasteiger charge is 2.45. The van der Waals surface area contributed by atoms with E-state index >= 15 is 0 Å². The smallest absolute Gasteiger partial charge is 0.246 e. The molecule has 368 valence electrons. The number of aromatic nitrogens is 1. The molecule has 0 saturated carbocycles. The van der Waals surface area contributed by atoms with Gasteiger partial charge in [-0.05, 0) is 85.0 Å². The van der Waals surface area contributed by atoms with Gasteiger partial charge in [0.05, 0.1) is 28.2 Å². The highest BCUT2D eigenvalue weighted by molar-refractivity contribution is 7.21. The number of aromatic hydroxyl groups is 1. The molecule has 0 bridgehead atoms. The minimum absolute atomic E-state index is 0.000968. The van der Waals surface area contributed by atoms with Crippen LogP contribution in [0, 0.1) is 18.2 Å². The second kappa shape index (κ2) is 21.8. The van der Waals surface area contributed by atoms with Crippen molar-refractivity contribution in [2.45, 2.75) is 71.7 Å². The summed E-state index contributed by atoms with van der Waals surface area (Å²) in [5.41, 5.74) is 4.27. The van der Waals surface area contributed by atoms with Crippen LogP contribution in [0.1, 0.15) is 73.1 Å². The number of aliphatic hydroxyl groups is 1. The quantitative estimate of drug-likeness (QED) is 0.0654. The third kappa shape index (κ3) is 12.0. The molecule has 4 N–H and O–H groups in total. The van der Waals surface area contributed by atoms with Crippen LogP contribution >= 0.6 is 22.7 Å². The third-order valence-corrected chi connectivity index (χ3v) is 14.9. The number of hydrogen-bond acceptors (Lipinski definition) is 13. The largest absolute Gasteiger partial charge is 0.508 e. The molecule has 2 aromatic heterocycles. The van der Waals surface area contributed by atoms with Gasteiger partial charge in [-0.15, -0.1) is 22.7 Å². The number of phenolic OH excluding ortho intramolecular Hbond substituents is 1. The molecule has 17 heteroatoms. The maximum absolute atomic E-state index is 14.2. The first-order valence-corrected chi connectivity index (χ1v) is 25.2. The summed E-state index contributed by atoms with van der Waals surface area (Å²) in [5.74, 6) is -0.394. The standard InChI is InChI=1S/C53H59FN6O8S2/c1-32(34-9-11-35(12-10-34)48-33(2)55-31-69-48)56-51(65)43-28-39(62)30-60(43)52(66)50(53(3,4)5)57-45(63)19-20-58-21-23-59(24-22-58)25-26-67-40-14-16-41(17-15-40)68-47-42-18-13-38(61)29-44(42)70-49(47)46(64)36-7-6-8-37(54)27-36/h6-18,27,29,31-32,39,43,50,61-62H,19-26,28,30H2,1-5H3,(H,56,65)(H,57,63)/t32-,39?,43?,50?/m0/s1. The van der Waals surface area contributed by atoms with E-state index in [-0.39, 0.29) is 54.3 Å². The van der Waals surface area contributed by atoms with Crippen LogP contribution in [0.5, 0.6) is 23.0 Å². The Kier molecular flexibility index (Phi) is 15.6. The van der Waals surface area contributed by atoms with Crippen LogP contribution in [0.25, 0.3) is 20.5 Å². The molecule has 14 nitrogen and oxygen atoms in total. The van der Waals surface area contributed by atoms with Crippen molar-refractivity contribution in [1.82, 2.24) is 30.3 Å². The lowest BCUT2D eigenvalue weighted by Crippen LogP contribution is -2.58. The van der Waals surface area contributed by atoms with E-state index in [4.69, 9.17) is 9.47 Å². The van der Waals surface area contributed by atoms with E-state index in [1.54, 1.807) is 53.8 Å². The van der Waals surface area contributed by atoms with Crippen molar-refractivity contribution >= 4 is 56.3 Å². The molecule has 2 aliphatic rings. The van der Waals surface area contributed by atoms with Gasteiger partial charge < -0.3 is 40.1 Å². The summed E-state index contributed by atoms with van der Waals surface area (Å²) in [4.78, 5) is 66.6. The number of ether oxygens (including phenoxy) is 2. The first kappa shape index (κ1) is 50.2. The summed E-state index contributed by atoms with van der Waals surface area (Å²) in [6, 6.07) is 23.2. The number of aryl methyl sites for hydroxylation is 1. The van der Waals surface area contributed by atoms with Crippen molar-refractivity contribution in [3.05, 3.63) is 124 Å². The van der Waals surface area contributed by atoms with Gasteiger partial charge in [0.2, 0.25) is 23.5 Å². The van der Waals surface area contributed by atoms with Gasteiger partial charge in [0.1, 0.15) is 46.6 Å². The van der Waals surface area contributed by atoms with Gasteiger partial charge in [-0.3, -0.25) is 24.1 Å². The average Bonchev–Trinajstić information content (AvgIpc) is 4.06. The van der Waals surface area contributed by atoms with Crippen LogP contribution < -0.4 is 20.1 Å². The highest BCUT2D eigenvalue weighted by Crippen LogP contribution is 2.43. The molecule has 2 aliphatic heterocycles. The average molecular weight is 991 g/mol. The summed E-state index contributed by atoms with van der Waals surface area (Å²) in [5, 5.41) is 27.5. The molecule has 0 aliphatic carbocycles. The number of likely N-dealkylation sites (tertiary alicyclic amines) is 1. The fourth-order valence-corrected chi connectivity index (χ4v) is 10.8. The number of carbonyl (C=O) groups excluding carboxylic acids is 4. The lowest BCUT2D eigenvalue weighted by atomic mass is 9.85. The summed E-state index contributed by atoms with van der Waals surface area (Å²) in [6.45, 7) is 14.3. The van der Waals surface area contributed by atoms with Crippen molar-refractivity contribution in [1.29, 1.82) is 0 Å². The number of benzene rings is 4. The number of nitrogens with one attached hydrogen (secondary N) is 2. The van der Waals surface area contributed by atoms with Crippen LogP contribution in [0.3, 0.4) is 0 Å². The second-order valence-corrected chi connectivity index (χ2v) is 20.9. The van der Waals surface area contributed by atoms with E-state index in [2.05, 4.69) is 25.4 Å². The molecule has 4 heterocycles. The molecule has 4 aromatic carbocycles. The fraction of sp³-hybridized carbons (Fsp3) is 0.377. The molecule has 8 rings (SSSR count). The predicted octanol–water partition coefficient (Wildman–Crippen LogP) is 7.96. The van der Waals surface area contributed by atoms with E-state index in [9.17, 15) is 33.8 Å². The second-order valence-electron chi connectivity index (χ2n) is 19.0. The lowest BCUT2D eigenvalue weighted by molar-refractivity contribution is -0.144. The van der Waals surface area contributed by atoms with Gasteiger partial charge in [0, 0.05) is 74.3 Å². The topological polar surface area (TPSA) is 174 Å². The van der Waals surface area contributed by atoms with Gasteiger partial charge in [-0.25, -0.2) is 9.37 Å². The van der Waals surface area contributed by atoms with Gasteiger partial charge in [-0.1, -0.05) is 57.2 Å². The molecule has 2 saturated heterocycles. The number of aliphatic hydroxyl groups excluding tert-OH is 1. The zero-order valence-corrected chi connectivity index (χ0v) is 41.6. The Morgan fingerprint density at radius 1 is 0.900 bits per heavy atom. The third-order valence-electron chi connectivity index (χ3n) is 12.8. The molecule has 0 radical (unpaired) electrons. The van der Waals surface area contributed by atoms with Gasteiger partial charge in [0.15, 0.2) is 5.75 Å². The van der Waals surface area contributed by atoms with Crippen molar-refractivity contribution in [2.24, 2.45) is 5.41 Å². The molecular formula is C53H59FN6O8S2. The number of piperazine rings is 1. The number of nitrogens with zero attached hydrogens (tertiary/aromatic N) is 4. The zero-order valence-electron chi connectivity index (χ0n) is 39.9. The Labute approximate surface area is 415 Å². The van der Waals surface area contributed by atoms with Crippen LogP contribution in [0.15, 0.2) is 96.5 Å². The summed E-state index contributed by atoms with van der Waals surface area (Å²) in [7, 11) is 0. The molecule has 3 amide bonds. The van der Waals surface area contributed by atoms with Crippen molar-refractivity contribution in [3.63, 3.8) is 0 Å². The van der Waals surface area contributed by atoms with Crippen molar-refractivity contribution in [3.8, 4) is 33.4 Å². The Hall–Kier alpha value is -6.24. The van der Waals surface area contributed by atoms with E-state index in [1.807, 2.05) is 64.4 Å². The summed E-state index contributed by atoms with van der Waals surface area (Å²) < 4.78 is 27.0. The summed E-state index contributed by atoms with van der Waals surface area (Å²) in [6.07, 6.45) is -0.561. The fourth-order valence-electron chi connectivity index (χ4n) is 8.83. The minimum atomic E-state index is -0.907. The van der Waals surface area contributed by atoms with Gasteiger partial charge >= 0.3 is 0 Å². The Morgan fingerprint density at radius 3 is 2.27 bits per heavy atom. The highest BCUT2D eigenvalue weighted by atomic mass is 32.1. The number of thiophene rings is 1. The number of halogens is 1. The summed E-state index contributed by atoms with van der Waals surface area (Å²) >= 11 is 2.75. The molecule has 2 fully saturated rings. The number of β-amino-alcohol motifs (C(OH)–C–C–N with tert-alkyl or cyclic N) is 1. The van der Waals surface area contributed by atoms with E-state index in [1.165, 1.54) is 40.5 Å². The van der Waals surface area contributed by atoms with Crippen LogP contribution in [0.2, 0.25) is 0 Å². The maximum atomic E-state index is 14.2. The van der Waals surface area contributed by atoms with E-state index < -0.39 is 35.3 Å². The number of phenols is 1. The Balaban J connectivity index is 0.777. The van der Waals surface area contributed by atoms with E-state index in [0.29, 0.717) is 51.9 Å².